The number of esters is 1. The number of carbonyl (C=O) groups is 1. The molecule has 96 valence electrons. The van der Waals surface area contributed by atoms with E-state index in [0.717, 1.165) is 6.42 Å². The highest BCUT2D eigenvalue weighted by Crippen LogP contribution is 2.21. The topological polar surface area (TPSA) is 35.5 Å². The number of rotatable bonds is 5. The summed E-state index contributed by atoms with van der Waals surface area (Å²) in [7, 11) is 0. The number of benzene rings is 1. The van der Waals surface area contributed by atoms with E-state index in [2.05, 4.69) is 6.08 Å². The molecule has 0 heterocycles. The average molecular weight is 246 g/mol. The third-order valence-electron chi connectivity index (χ3n) is 2.89. The van der Waals surface area contributed by atoms with Crippen LogP contribution in [-0.4, -0.2) is 18.7 Å². The Kier molecular flexibility index (Phi) is 4.53. The average Bonchev–Trinajstić information content (AvgIpc) is 2.77. The zero-order valence-electron chi connectivity index (χ0n) is 10.5. The van der Waals surface area contributed by atoms with Crippen molar-refractivity contribution in [2.75, 3.05) is 6.61 Å². The quantitative estimate of drug-likeness (QED) is 0.592. The normalized spacial score (nSPS) is 22.1. The van der Waals surface area contributed by atoms with Gasteiger partial charge in [0.1, 0.15) is 6.10 Å². The Morgan fingerprint density at radius 2 is 2.06 bits per heavy atom. The van der Waals surface area contributed by atoms with Gasteiger partial charge in [-0.3, -0.25) is 4.79 Å². The first-order valence-electron chi connectivity index (χ1n) is 6.21. The van der Waals surface area contributed by atoms with Crippen LogP contribution in [0.15, 0.2) is 42.5 Å². The third-order valence-corrected chi connectivity index (χ3v) is 2.89. The Balaban J connectivity index is 1.67. The largest absolute Gasteiger partial charge is 0.458 e. The van der Waals surface area contributed by atoms with E-state index >= 15 is 0 Å². The van der Waals surface area contributed by atoms with Crippen molar-refractivity contribution in [2.24, 2.45) is 5.92 Å². The molecule has 0 radical (unpaired) electrons. The summed E-state index contributed by atoms with van der Waals surface area (Å²) in [4.78, 5) is 10.8. The van der Waals surface area contributed by atoms with Crippen LogP contribution in [0.1, 0.15) is 18.9 Å². The maximum atomic E-state index is 10.8. The molecule has 0 N–H and O–H groups in total. The Morgan fingerprint density at radius 1 is 1.28 bits per heavy atom. The minimum atomic E-state index is -0.226. The molecule has 0 unspecified atom stereocenters. The molecule has 0 saturated carbocycles. The van der Waals surface area contributed by atoms with Gasteiger partial charge in [-0.1, -0.05) is 36.4 Å². The Hall–Kier alpha value is -1.61. The SMILES string of the molecule is CC(=O)O[C@@H]1C=C[C@@H](COCc2ccccc2)C1. The molecular formula is C15H18O3. The molecule has 0 saturated heterocycles. The van der Waals surface area contributed by atoms with Crippen molar-refractivity contribution in [2.45, 2.75) is 26.1 Å². The molecule has 2 rings (SSSR count). The highest BCUT2D eigenvalue weighted by molar-refractivity contribution is 5.66. The van der Waals surface area contributed by atoms with Crippen molar-refractivity contribution in [3.05, 3.63) is 48.0 Å². The monoisotopic (exact) mass is 246 g/mol. The van der Waals surface area contributed by atoms with Gasteiger partial charge in [-0.05, 0) is 18.1 Å². The van der Waals surface area contributed by atoms with Gasteiger partial charge in [-0.25, -0.2) is 0 Å². The zero-order chi connectivity index (χ0) is 12.8. The molecule has 0 bridgehead atoms. The van der Waals surface area contributed by atoms with Gasteiger partial charge in [0.25, 0.3) is 0 Å². The summed E-state index contributed by atoms with van der Waals surface area (Å²) >= 11 is 0. The van der Waals surface area contributed by atoms with Gasteiger partial charge < -0.3 is 9.47 Å². The van der Waals surface area contributed by atoms with Crippen LogP contribution in [0.2, 0.25) is 0 Å². The van der Waals surface area contributed by atoms with Gasteiger partial charge in [0.2, 0.25) is 0 Å². The second-order valence-electron chi connectivity index (χ2n) is 4.53. The lowest BCUT2D eigenvalue weighted by Crippen LogP contribution is -2.14. The van der Waals surface area contributed by atoms with E-state index in [-0.39, 0.29) is 12.1 Å². The molecule has 1 aromatic rings. The molecule has 1 aromatic carbocycles. The van der Waals surface area contributed by atoms with Gasteiger partial charge in [-0.2, -0.15) is 0 Å². The predicted octanol–water partition coefficient (Wildman–Crippen LogP) is 2.71. The fraction of sp³-hybridized carbons (Fsp3) is 0.400. The summed E-state index contributed by atoms with van der Waals surface area (Å²) in [5, 5.41) is 0. The minimum Gasteiger partial charge on any atom is -0.458 e. The number of ether oxygens (including phenoxy) is 2. The van der Waals surface area contributed by atoms with Crippen LogP contribution in [0.4, 0.5) is 0 Å². The smallest absolute Gasteiger partial charge is 0.303 e. The van der Waals surface area contributed by atoms with E-state index in [1.807, 2.05) is 36.4 Å². The second kappa shape index (κ2) is 6.36. The van der Waals surface area contributed by atoms with Crippen molar-refractivity contribution in [3.8, 4) is 0 Å². The lowest BCUT2D eigenvalue weighted by molar-refractivity contribution is -0.144. The van der Waals surface area contributed by atoms with Crippen LogP contribution in [0.3, 0.4) is 0 Å². The Labute approximate surface area is 107 Å². The first-order chi connectivity index (χ1) is 8.74. The van der Waals surface area contributed by atoms with Gasteiger partial charge in [-0.15, -0.1) is 0 Å². The highest BCUT2D eigenvalue weighted by atomic mass is 16.5. The van der Waals surface area contributed by atoms with E-state index in [1.54, 1.807) is 0 Å². The predicted molar refractivity (Wildman–Crippen MR) is 68.9 cm³/mol. The first-order valence-corrected chi connectivity index (χ1v) is 6.21. The van der Waals surface area contributed by atoms with Crippen molar-refractivity contribution >= 4 is 5.97 Å². The molecule has 0 amide bonds. The number of carbonyl (C=O) groups excluding carboxylic acids is 1. The van der Waals surface area contributed by atoms with E-state index < -0.39 is 0 Å². The highest BCUT2D eigenvalue weighted by Gasteiger charge is 2.20. The van der Waals surface area contributed by atoms with Gasteiger partial charge in [0, 0.05) is 12.8 Å². The molecule has 1 aliphatic carbocycles. The van der Waals surface area contributed by atoms with Crippen molar-refractivity contribution < 1.29 is 14.3 Å². The van der Waals surface area contributed by atoms with Crippen LogP contribution in [0.5, 0.6) is 0 Å². The van der Waals surface area contributed by atoms with Crippen LogP contribution in [-0.2, 0) is 20.9 Å². The van der Waals surface area contributed by atoms with Crippen LogP contribution < -0.4 is 0 Å². The van der Waals surface area contributed by atoms with Crippen molar-refractivity contribution in [3.63, 3.8) is 0 Å². The van der Waals surface area contributed by atoms with Gasteiger partial charge in [0.15, 0.2) is 0 Å². The summed E-state index contributed by atoms with van der Waals surface area (Å²) in [5.74, 6) is 0.119. The molecule has 0 aromatic heterocycles. The third kappa shape index (κ3) is 4.00. The molecular weight excluding hydrogens is 228 g/mol. The Morgan fingerprint density at radius 3 is 2.78 bits per heavy atom. The molecule has 3 nitrogen and oxygen atoms in total. The Bertz CT molecular complexity index is 411. The maximum absolute atomic E-state index is 10.8. The standard InChI is InChI=1S/C15H18O3/c1-12(16)18-15-8-7-14(9-15)11-17-10-13-5-3-2-4-6-13/h2-8,14-15H,9-11H2,1H3/t14-,15-/m1/s1. The fourth-order valence-corrected chi connectivity index (χ4v) is 2.06. The summed E-state index contributed by atoms with van der Waals surface area (Å²) in [5.41, 5.74) is 1.18. The fourth-order valence-electron chi connectivity index (χ4n) is 2.06. The summed E-state index contributed by atoms with van der Waals surface area (Å²) in [6, 6.07) is 10.1. The van der Waals surface area contributed by atoms with Gasteiger partial charge in [0.05, 0.1) is 13.2 Å². The van der Waals surface area contributed by atoms with E-state index in [1.165, 1.54) is 12.5 Å². The summed E-state index contributed by atoms with van der Waals surface area (Å²) in [6.07, 6.45) is 4.76. The summed E-state index contributed by atoms with van der Waals surface area (Å²) < 4.78 is 10.8. The first kappa shape index (κ1) is 12.8. The van der Waals surface area contributed by atoms with Crippen molar-refractivity contribution in [1.82, 2.24) is 0 Å². The number of hydrogen-bond donors (Lipinski definition) is 0. The lowest BCUT2D eigenvalue weighted by Gasteiger charge is -2.12. The van der Waals surface area contributed by atoms with Gasteiger partial charge >= 0.3 is 5.97 Å². The zero-order valence-corrected chi connectivity index (χ0v) is 10.5. The molecule has 3 heteroatoms. The van der Waals surface area contributed by atoms with Crippen LogP contribution >= 0.6 is 0 Å². The minimum absolute atomic E-state index is 0.0761. The molecule has 1 aliphatic rings. The van der Waals surface area contributed by atoms with E-state index in [9.17, 15) is 4.79 Å². The number of hydrogen-bond acceptors (Lipinski definition) is 3. The maximum Gasteiger partial charge on any atom is 0.303 e. The second-order valence-corrected chi connectivity index (χ2v) is 4.53. The molecule has 0 spiro atoms. The molecule has 18 heavy (non-hydrogen) atoms. The van der Waals surface area contributed by atoms with E-state index in [0.29, 0.717) is 19.1 Å². The molecule has 0 fully saturated rings. The van der Waals surface area contributed by atoms with Crippen molar-refractivity contribution in [1.29, 1.82) is 0 Å². The van der Waals surface area contributed by atoms with E-state index in [4.69, 9.17) is 9.47 Å². The lowest BCUT2D eigenvalue weighted by atomic mass is 10.1. The van der Waals surface area contributed by atoms with Crippen LogP contribution in [0.25, 0.3) is 0 Å². The van der Waals surface area contributed by atoms with Crippen LogP contribution in [0, 0.1) is 5.92 Å². The molecule has 0 aliphatic heterocycles. The molecule has 2 atom stereocenters. The summed E-state index contributed by atoms with van der Waals surface area (Å²) in [6.45, 7) is 2.74.